The summed E-state index contributed by atoms with van der Waals surface area (Å²) in [7, 11) is 0. The van der Waals surface area contributed by atoms with Gasteiger partial charge in [0.15, 0.2) is 0 Å². The van der Waals surface area contributed by atoms with Crippen LogP contribution in [-0.4, -0.2) is 34.4 Å². The van der Waals surface area contributed by atoms with Crippen LogP contribution in [0.3, 0.4) is 0 Å². The average molecular weight is 275 g/mol. The smallest absolute Gasteiger partial charge is 0.0947 e. The Labute approximate surface area is 119 Å². The highest BCUT2D eigenvalue weighted by Gasteiger charge is 2.22. The fourth-order valence-corrected chi connectivity index (χ4v) is 2.77. The summed E-state index contributed by atoms with van der Waals surface area (Å²) < 4.78 is 12.9. The van der Waals surface area contributed by atoms with Crippen LogP contribution in [0.2, 0.25) is 0 Å². The third-order valence-corrected chi connectivity index (χ3v) is 3.68. The second-order valence-corrected chi connectivity index (χ2v) is 5.33. The number of hydrogen-bond acceptors (Lipinski definition) is 4. The zero-order chi connectivity index (χ0) is 13.8. The molecule has 20 heavy (non-hydrogen) atoms. The van der Waals surface area contributed by atoms with Gasteiger partial charge in [0, 0.05) is 50.5 Å². The van der Waals surface area contributed by atoms with E-state index in [1.807, 2.05) is 25.5 Å². The van der Waals surface area contributed by atoms with E-state index in [1.54, 1.807) is 6.26 Å². The lowest BCUT2D eigenvalue weighted by Gasteiger charge is -2.23. The van der Waals surface area contributed by atoms with Crippen molar-refractivity contribution in [2.24, 2.45) is 5.92 Å². The van der Waals surface area contributed by atoms with Crippen LogP contribution in [-0.2, 0) is 24.4 Å². The monoisotopic (exact) mass is 275 g/mol. The summed E-state index contributed by atoms with van der Waals surface area (Å²) in [5, 5.41) is 4.42. The summed E-state index contributed by atoms with van der Waals surface area (Å²) in [4.78, 5) is 2.44. The van der Waals surface area contributed by atoms with Crippen molar-refractivity contribution in [1.82, 2.24) is 14.7 Å². The van der Waals surface area contributed by atoms with Crippen LogP contribution in [0.1, 0.15) is 18.2 Å². The van der Waals surface area contributed by atoms with E-state index in [-0.39, 0.29) is 0 Å². The van der Waals surface area contributed by atoms with E-state index < -0.39 is 0 Å². The Kier molecular flexibility index (Phi) is 4.18. The Morgan fingerprint density at radius 1 is 1.40 bits per heavy atom. The Morgan fingerprint density at radius 3 is 3.15 bits per heavy atom. The highest BCUT2D eigenvalue weighted by Crippen LogP contribution is 2.18. The Hall–Kier alpha value is -1.59. The number of ether oxygens (including phenoxy) is 1. The lowest BCUT2D eigenvalue weighted by atomic mass is 10.1. The van der Waals surface area contributed by atoms with Crippen molar-refractivity contribution in [2.45, 2.75) is 26.6 Å². The molecule has 108 valence electrons. The van der Waals surface area contributed by atoms with E-state index >= 15 is 0 Å². The maximum atomic E-state index is 5.62. The zero-order valence-corrected chi connectivity index (χ0v) is 11.9. The Bertz CT molecular complexity index is 521. The van der Waals surface area contributed by atoms with Gasteiger partial charge >= 0.3 is 0 Å². The van der Waals surface area contributed by atoms with Gasteiger partial charge in [0.2, 0.25) is 0 Å². The van der Waals surface area contributed by atoms with Crippen LogP contribution < -0.4 is 0 Å². The average Bonchev–Trinajstić information content (AvgIpc) is 3.06. The molecule has 2 aromatic rings. The Morgan fingerprint density at radius 2 is 2.35 bits per heavy atom. The minimum absolute atomic E-state index is 0.475. The van der Waals surface area contributed by atoms with Crippen molar-refractivity contribution in [2.75, 3.05) is 19.8 Å². The molecule has 5 nitrogen and oxygen atoms in total. The van der Waals surface area contributed by atoms with Crippen molar-refractivity contribution in [3.8, 4) is 0 Å². The first-order chi connectivity index (χ1) is 9.85. The first-order valence-electron chi connectivity index (χ1n) is 7.17. The van der Waals surface area contributed by atoms with Gasteiger partial charge in [-0.25, -0.2) is 0 Å². The molecule has 0 aromatic carbocycles. The lowest BCUT2D eigenvalue weighted by molar-refractivity contribution is 0.0841. The predicted molar refractivity (Wildman–Crippen MR) is 75.0 cm³/mol. The molecule has 0 bridgehead atoms. The van der Waals surface area contributed by atoms with Crippen molar-refractivity contribution in [3.05, 3.63) is 42.1 Å². The van der Waals surface area contributed by atoms with Crippen molar-refractivity contribution in [1.29, 1.82) is 0 Å². The molecule has 0 aliphatic carbocycles. The molecule has 3 heterocycles. The van der Waals surface area contributed by atoms with Crippen LogP contribution in [0, 0.1) is 5.92 Å². The van der Waals surface area contributed by atoms with Gasteiger partial charge in [-0.3, -0.25) is 9.58 Å². The highest BCUT2D eigenvalue weighted by molar-refractivity contribution is 5.07. The lowest BCUT2D eigenvalue weighted by Crippen LogP contribution is -2.30. The van der Waals surface area contributed by atoms with Gasteiger partial charge in [-0.15, -0.1) is 0 Å². The number of aromatic nitrogens is 2. The summed E-state index contributed by atoms with van der Waals surface area (Å²) >= 11 is 0. The second kappa shape index (κ2) is 6.24. The summed E-state index contributed by atoms with van der Waals surface area (Å²) in [5.41, 5.74) is 2.49. The van der Waals surface area contributed by atoms with E-state index in [1.165, 1.54) is 11.3 Å². The van der Waals surface area contributed by atoms with E-state index in [9.17, 15) is 0 Å². The van der Waals surface area contributed by atoms with E-state index in [0.29, 0.717) is 5.92 Å². The zero-order valence-electron chi connectivity index (χ0n) is 11.9. The molecule has 0 saturated heterocycles. The maximum absolute atomic E-state index is 5.62. The molecule has 1 atom stereocenters. The molecule has 2 aromatic heterocycles. The normalized spacial score (nSPS) is 19.8. The molecule has 1 aliphatic heterocycles. The van der Waals surface area contributed by atoms with Gasteiger partial charge in [0.25, 0.3) is 0 Å². The van der Waals surface area contributed by atoms with Crippen LogP contribution >= 0.6 is 0 Å². The van der Waals surface area contributed by atoms with Crippen molar-refractivity contribution >= 4 is 0 Å². The third-order valence-electron chi connectivity index (χ3n) is 3.68. The van der Waals surface area contributed by atoms with Gasteiger partial charge < -0.3 is 9.15 Å². The summed E-state index contributed by atoms with van der Waals surface area (Å²) in [6, 6.07) is 4.13. The summed E-state index contributed by atoms with van der Waals surface area (Å²) in [5.74, 6) is 0.475. The van der Waals surface area contributed by atoms with Crippen LogP contribution in [0.15, 0.2) is 35.3 Å². The molecule has 0 saturated carbocycles. The topological polar surface area (TPSA) is 43.4 Å². The number of furan rings is 1. The van der Waals surface area contributed by atoms with Crippen LogP contribution in [0.4, 0.5) is 0 Å². The number of rotatable bonds is 5. The predicted octanol–water partition coefficient (Wildman–Crippen LogP) is 2.14. The highest BCUT2D eigenvalue weighted by atomic mass is 16.5. The van der Waals surface area contributed by atoms with E-state index in [4.69, 9.17) is 9.15 Å². The number of fused-ring (bicyclic) bond motifs is 1. The fourth-order valence-electron chi connectivity index (χ4n) is 2.77. The quantitative estimate of drug-likeness (QED) is 0.838. The molecular weight excluding hydrogens is 254 g/mol. The van der Waals surface area contributed by atoms with Gasteiger partial charge in [-0.2, -0.15) is 5.10 Å². The van der Waals surface area contributed by atoms with E-state index in [2.05, 4.69) is 20.7 Å². The number of hydrogen-bond donors (Lipinski definition) is 0. The van der Waals surface area contributed by atoms with Crippen molar-refractivity contribution < 1.29 is 9.15 Å². The minimum Gasteiger partial charge on any atom is -0.472 e. The molecule has 0 spiro atoms. The molecule has 0 amide bonds. The van der Waals surface area contributed by atoms with Crippen LogP contribution in [0.5, 0.6) is 0 Å². The van der Waals surface area contributed by atoms with Gasteiger partial charge in [-0.1, -0.05) is 0 Å². The van der Waals surface area contributed by atoms with Crippen LogP contribution in [0.25, 0.3) is 0 Å². The number of nitrogens with zero attached hydrogens (tertiary/aromatic N) is 3. The fraction of sp³-hybridized carbons (Fsp3) is 0.533. The van der Waals surface area contributed by atoms with Gasteiger partial charge in [-0.05, 0) is 19.1 Å². The molecule has 0 fully saturated rings. The standard InChI is InChI=1S/C15H21N3O2/c1-2-19-12-14-8-17(7-13-4-6-20-11-13)10-15-3-5-16-18(15)9-14/h3-6,11,14H,2,7-10,12H2,1H3/t14-/m1/s1. The molecule has 0 N–H and O–H groups in total. The largest absolute Gasteiger partial charge is 0.472 e. The maximum Gasteiger partial charge on any atom is 0.0947 e. The SMILES string of the molecule is CCOC[C@@H]1CN(Cc2ccoc2)Cc2ccnn2C1. The Balaban J connectivity index is 1.73. The first-order valence-corrected chi connectivity index (χ1v) is 7.17. The van der Waals surface area contributed by atoms with E-state index in [0.717, 1.165) is 39.4 Å². The summed E-state index contributed by atoms with van der Waals surface area (Å²) in [6.07, 6.45) is 5.43. The second-order valence-electron chi connectivity index (χ2n) is 5.33. The molecular formula is C15H21N3O2. The molecule has 5 heteroatoms. The first kappa shape index (κ1) is 13.4. The third kappa shape index (κ3) is 3.11. The molecule has 1 aliphatic rings. The minimum atomic E-state index is 0.475. The summed E-state index contributed by atoms with van der Waals surface area (Å²) in [6.45, 7) is 7.39. The molecule has 0 unspecified atom stereocenters. The van der Waals surface area contributed by atoms with Gasteiger partial charge in [0.1, 0.15) is 0 Å². The van der Waals surface area contributed by atoms with Gasteiger partial charge in [0.05, 0.1) is 24.8 Å². The van der Waals surface area contributed by atoms with Crippen molar-refractivity contribution in [3.63, 3.8) is 0 Å². The molecule has 3 rings (SSSR count). The molecule has 0 radical (unpaired) electrons.